The van der Waals surface area contributed by atoms with Crippen molar-refractivity contribution in [3.63, 3.8) is 0 Å². The Kier molecular flexibility index (Phi) is 6.13. The van der Waals surface area contributed by atoms with Crippen LogP contribution in [0.1, 0.15) is 10.5 Å². The molecule has 0 bridgehead atoms. The number of thiazole rings is 1. The van der Waals surface area contributed by atoms with E-state index in [0.717, 1.165) is 16.3 Å². The van der Waals surface area contributed by atoms with Gasteiger partial charge in [0, 0.05) is 49.9 Å². The molecule has 27 heavy (non-hydrogen) atoms. The molecule has 1 aliphatic rings. The van der Waals surface area contributed by atoms with Crippen molar-refractivity contribution in [3.05, 3.63) is 35.3 Å². The molecule has 0 aliphatic carbocycles. The molecule has 0 unspecified atom stereocenters. The molecule has 7 nitrogen and oxygen atoms in total. The van der Waals surface area contributed by atoms with Gasteiger partial charge in [0.05, 0.1) is 12.9 Å². The van der Waals surface area contributed by atoms with E-state index in [0.29, 0.717) is 38.4 Å². The number of hydrogen-bond donors (Lipinski definition) is 0. The standard InChI is InChI=1S/C18H23N3O4S2/c1-25-15-5-3-14(4-6-15)17-19-16(13-26-17)18(22)21-9-7-20(8-10-21)11-12-27(2,23)24/h3-6,13H,7-12H2,1-2H3. The first kappa shape index (κ1) is 19.8. The largest absolute Gasteiger partial charge is 0.497 e. The minimum Gasteiger partial charge on any atom is -0.497 e. The van der Waals surface area contributed by atoms with Crippen LogP contribution in [0.15, 0.2) is 29.6 Å². The van der Waals surface area contributed by atoms with E-state index in [1.54, 1.807) is 17.4 Å². The topological polar surface area (TPSA) is 79.8 Å². The minimum absolute atomic E-state index is 0.0752. The van der Waals surface area contributed by atoms with Gasteiger partial charge < -0.3 is 9.64 Å². The van der Waals surface area contributed by atoms with Gasteiger partial charge in [-0.1, -0.05) is 0 Å². The summed E-state index contributed by atoms with van der Waals surface area (Å²) in [5, 5.41) is 2.59. The Hall–Kier alpha value is -1.97. The van der Waals surface area contributed by atoms with Crippen LogP contribution in [0.2, 0.25) is 0 Å². The first-order valence-electron chi connectivity index (χ1n) is 8.65. The molecule has 1 saturated heterocycles. The number of sulfone groups is 1. The van der Waals surface area contributed by atoms with Crippen LogP contribution in [0.3, 0.4) is 0 Å². The van der Waals surface area contributed by atoms with Crippen LogP contribution >= 0.6 is 11.3 Å². The van der Waals surface area contributed by atoms with Crippen molar-refractivity contribution in [3.8, 4) is 16.3 Å². The first-order chi connectivity index (χ1) is 12.9. The van der Waals surface area contributed by atoms with Crippen LogP contribution in [-0.4, -0.2) is 81.0 Å². The fourth-order valence-corrected chi connectivity index (χ4v) is 4.26. The van der Waals surface area contributed by atoms with Gasteiger partial charge in [0.25, 0.3) is 5.91 Å². The Morgan fingerprint density at radius 1 is 1.19 bits per heavy atom. The summed E-state index contributed by atoms with van der Waals surface area (Å²) in [7, 11) is -1.34. The van der Waals surface area contributed by atoms with E-state index in [9.17, 15) is 13.2 Å². The number of carbonyl (C=O) groups excluding carboxylic acids is 1. The third-order valence-electron chi connectivity index (χ3n) is 4.50. The van der Waals surface area contributed by atoms with Gasteiger partial charge in [-0.05, 0) is 24.3 Å². The molecule has 1 aromatic heterocycles. The van der Waals surface area contributed by atoms with Crippen LogP contribution in [-0.2, 0) is 9.84 Å². The lowest BCUT2D eigenvalue weighted by molar-refractivity contribution is 0.0639. The van der Waals surface area contributed by atoms with Crippen LogP contribution in [0.4, 0.5) is 0 Å². The fraction of sp³-hybridized carbons (Fsp3) is 0.444. The quantitative estimate of drug-likeness (QED) is 0.721. The zero-order valence-corrected chi connectivity index (χ0v) is 17.1. The summed E-state index contributed by atoms with van der Waals surface area (Å²) >= 11 is 1.44. The normalized spacial score (nSPS) is 15.7. The molecule has 1 amide bonds. The Labute approximate surface area is 163 Å². The van der Waals surface area contributed by atoms with Gasteiger partial charge in [-0.2, -0.15) is 0 Å². The predicted octanol–water partition coefficient (Wildman–Crippen LogP) is 1.62. The number of nitrogens with zero attached hydrogens (tertiary/aromatic N) is 3. The summed E-state index contributed by atoms with van der Waals surface area (Å²) in [5.74, 6) is 0.854. The molecule has 0 atom stereocenters. The average Bonchev–Trinajstić information content (AvgIpc) is 3.16. The van der Waals surface area contributed by atoms with E-state index in [1.807, 2.05) is 24.3 Å². The molecule has 2 heterocycles. The molecule has 0 spiro atoms. The number of amides is 1. The summed E-state index contributed by atoms with van der Waals surface area (Å²) in [4.78, 5) is 21.1. The third-order valence-corrected chi connectivity index (χ3v) is 6.31. The second-order valence-corrected chi connectivity index (χ2v) is 9.65. The van der Waals surface area contributed by atoms with Crippen molar-refractivity contribution >= 4 is 27.1 Å². The van der Waals surface area contributed by atoms with Gasteiger partial charge in [-0.25, -0.2) is 13.4 Å². The Morgan fingerprint density at radius 2 is 1.85 bits per heavy atom. The zero-order chi connectivity index (χ0) is 19.4. The highest BCUT2D eigenvalue weighted by Crippen LogP contribution is 2.26. The predicted molar refractivity (Wildman–Crippen MR) is 106 cm³/mol. The Bertz CT molecular complexity index is 886. The van der Waals surface area contributed by atoms with Gasteiger partial charge >= 0.3 is 0 Å². The average molecular weight is 410 g/mol. The van der Waals surface area contributed by atoms with E-state index < -0.39 is 9.84 Å². The van der Waals surface area contributed by atoms with Gasteiger partial charge in [0.1, 0.15) is 26.3 Å². The maximum Gasteiger partial charge on any atom is 0.273 e. The number of aromatic nitrogens is 1. The van der Waals surface area contributed by atoms with Gasteiger partial charge in [-0.3, -0.25) is 9.69 Å². The number of ether oxygens (including phenoxy) is 1. The summed E-state index contributed by atoms with van der Waals surface area (Å²) < 4.78 is 27.7. The number of carbonyl (C=O) groups is 1. The molecule has 1 aromatic carbocycles. The maximum atomic E-state index is 12.7. The molecule has 3 rings (SSSR count). The van der Waals surface area contributed by atoms with Crippen LogP contribution in [0, 0.1) is 0 Å². The van der Waals surface area contributed by atoms with Crippen molar-refractivity contribution in [1.82, 2.24) is 14.8 Å². The molecular formula is C18H23N3O4S2. The number of rotatable bonds is 6. The van der Waals surface area contributed by atoms with E-state index in [1.165, 1.54) is 17.6 Å². The number of methoxy groups -OCH3 is 1. The van der Waals surface area contributed by atoms with Crippen molar-refractivity contribution in [2.24, 2.45) is 0 Å². The smallest absolute Gasteiger partial charge is 0.273 e. The second-order valence-electron chi connectivity index (χ2n) is 6.53. The van der Waals surface area contributed by atoms with Gasteiger partial charge in [-0.15, -0.1) is 11.3 Å². The van der Waals surface area contributed by atoms with Crippen LogP contribution in [0.5, 0.6) is 5.75 Å². The van der Waals surface area contributed by atoms with E-state index in [4.69, 9.17) is 4.74 Å². The third kappa shape index (κ3) is 5.27. The lowest BCUT2D eigenvalue weighted by Crippen LogP contribution is -2.49. The second kappa shape index (κ2) is 8.37. The van der Waals surface area contributed by atoms with Crippen LogP contribution < -0.4 is 4.74 Å². The van der Waals surface area contributed by atoms with Crippen LogP contribution in [0.25, 0.3) is 10.6 Å². The molecular weight excluding hydrogens is 386 g/mol. The van der Waals surface area contributed by atoms with Crippen molar-refractivity contribution in [2.45, 2.75) is 0 Å². The van der Waals surface area contributed by atoms with E-state index in [2.05, 4.69) is 9.88 Å². The van der Waals surface area contributed by atoms with Gasteiger partial charge in [0.2, 0.25) is 0 Å². The lowest BCUT2D eigenvalue weighted by atomic mass is 10.2. The number of piperazine rings is 1. The molecule has 0 N–H and O–H groups in total. The molecule has 1 fully saturated rings. The molecule has 0 radical (unpaired) electrons. The molecule has 0 saturated carbocycles. The maximum absolute atomic E-state index is 12.7. The Morgan fingerprint density at radius 3 is 2.44 bits per heavy atom. The summed E-state index contributed by atoms with van der Waals surface area (Å²) in [6.07, 6.45) is 1.25. The SMILES string of the molecule is COc1ccc(-c2nc(C(=O)N3CCN(CCS(C)(=O)=O)CC3)cs2)cc1. The summed E-state index contributed by atoms with van der Waals surface area (Å²) in [6.45, 7) is 3.03. The highest BCUT2D eigenvalue weighted by atomic mass is 32.2. The molecule has 9 heteroatoms. The lowest BCUT2D eigenvalue weighted by Gasteiger charge is -2.34. The highest BCUT2D eigenvalue weighted by molar-refractivity contribution is 7.90. The Balaban J connectivity index is 1.58. The molecule has 146 valence electrons. The zero-order valence-electron chi connectivity index (χ0n) is 15.4. The van der Waals surface area contributed by atoms with E-state index in [-0.39, 0.29) is 11.7 Å². The fourth-order valence-electron chi connectivity index (χ4n) is 2.87. The first-order valence-corrected chi connectivity index (χ1v) is 11.6. The van der Waals surface area contributed by atoms with Crippen molar-refractivity contribution < 1.29 is 17.9 Å². The molecule has 2 aromatic rings. The number of hydrogen-bond acceptors (Lipinski definition) is 7. The highest BCUT2D eigenvalue weighted by Gasteiger charge is 2.24. The summed E-state index contributed by atoms with van der Waals surface area (Å²) in [6, 6.07) is 7.58. The number of benzene rings is 1. The van der Waals surface area contributed by atoms with Crippen molar-refractivity contribution in [2.75, 3.05) is 51.8 Å². The van der Waals surface area contributed by atoms with E-state index >= 15 is 0 Å². The minimum atomic E-state index is -2.96. The summed E-state index contributed by atoms with van der Waals surface area (Å²) in [5.41, 5.74) is 1.40. The van der Waals surface area contributed by atoms with Crippen molar-refractivity contribution in [1.29, 1.82) is 0 Å². The monoisotopic (exact) mass is 409 g/mol. The van der Waals surface area contributed by atoms with Gasteiger partial charge in [0.15, 0.2) is 0 Å². The molecule has 1 aliphatic heterocycles.